The van der Waals surface area contributed by atoms with E-state index in [2.05, 4.69) is 21.5 Å². The Labute approximate surface area is 119 Å². The van der Waals surface area contributed by atoms with E-state index in [1.165, 1.54) is 6.42 Å². The molecule has 1 fully saturated rings. The molecule has 108 valence electrons. The van der Waals surface area contributed by atoms with Gasteiger partial charge in [-0.2, -0.15) is 5.10 Å². The van der Waals surface area contributed by atoms with E-state index in [9.17, 15) is 5.11 Å². The molecule has 5 nitrogen and oxygen atoms in total. The Morgan fingerprint density at radius 1 is 1.40 bits per heavy atom. The predicted molar refractivity (Wildman–Crippen MR) is 78.3 cm³/mol. The number of nitrogens with zero attached hydrogens (tertiary/aromatic N) is 3. The van der Waals surface area contributed by atoms with E-state index in [4.69, 9.17) is 0 Å². The highest BCUT2D eigenvalue weighted by Crippen LogP contribution is 2.20. The molecular weight excluding hydrogens is 252 g/mol. The van der Waals surface area contributed by atoms with Gasteiger partial charge in [-0.05, 0) is 31.4 Å². The Balaban J connectivity index is 1.72. The van der Waals surface area contributed by atoms with Crippen molar-refractivity contribution in [3.8, 4) is 0 Å². The second kappa shape index (κ2) is 5.50. The van der Waals surface area contributed by atoms with Gasteiger partial charge in [0, 0.05) is 31.2 Å². The van der Waals surface area contributed by atoms with Gasteiger partial charge < -0.3 is 10.4 Å². The van der Waals surface area contributed by atoms with E-state index >= 15 is 0 Å². The minimum Gasteiger partial charge on any atom is -0.392 e. The van der Waals surface area contributed by atoms with Crippen molar-refractivity contribution in [2.75, 3.05) is 0 Å². The second-order valence-corrected chi connectivity index (χ2v) is 5.76. The van der Waals surface area contributed by atoms with Gasteiger partial charge in [-0.25, -0.2) is 4.98 Å². The van der Waals surface area contributed by atoms with E-state index in [0.29, 0.717) is 0 Å². The van der Waals surface area contributed by atoms with Crippen LogP contribution in [0.3, 0.4) is 0 Å². The first-order valence-corrected chi connectivity index (χ1v) is 7.35. The van der Waals surface area contributed by atoms with Crippen LogP contribution in [0.15, 0.2) is 12.3 Å². The summed E-state index contributed by atoms with van der Waals surface area (Å²) in [6.07, 6.45) is 6.00. The van der Waals surface area contributed by atoms with Gasteiger partial charge in [0.05, 0.1) is 11.8 Å². The van der Waals surface area contributed by atoms with E-state index < -0.39 is 0 Å². The fourth-order valence-electron chi connectivity index (χ4n) is 3.05. The molecule has 0 aliphatic heterocycles. The van der Waals surface area contributed by atoms with Gasteiger partial charge in [-0.15, -0.1) is 0 Å². The highest BCUT2D eigenvalue weighted by Gasteiger charge is 2.22. The van der Waals surface area contributed by atoms with Crippen molar-refractivity contribution in [1.29, 1.82) is 0 Å². The Bertz CT molecular complexity index is 607. The normalized spacial score (nSPS) is 23.4. The van der Waals surface area contributed by atoms with Gasteiger partial charge in [0.2, 0.25) is 0 Å². The summed E-state index contributed by atoms with van der Waals surface area (Å²) in [4.78, 5) is 4.48. The van der Waals surface area contributed by atoms with Crippen LogP contribution in [0.2, 0.25) is 0 Å². The number of hydrogen-bond donors (Lipinski definition) is 2. The van der Waals surface area contributed by atoms with Crippen LogP contribution in [0.25, 0.3) is 11.0 Å². The highest BCUT2D eigenvalue weighted by atomic mass is 16.3. The molecule has 1 aliphatic rings. The zero-order chi connectivity index (χ0) is 14.1. The number of aromatic nitrogens is 3. The lowest BCUT2D eigenvalue weighted by Gasteiger charge is -2.28. The summed E-state index contributed by atoms with van der Waals surface area (Å²) in [5.74, 6) is 0. The number of aliphatic hydroxyl groups is 1. The van der Waals surface area contributed by atoms with Crippen LogP contribution in [0.5, 0.6) is 0 Å². The van der Waals surface area contributed by atoms with Crippen LogP contribution >= 0.6 is 0 Å². The minimum absolute atomic E-state index is 0.208. The molecule has 0 spiro atoms. The zero-order valence-corrected chi connectivity index (χ0v) is 12.1. The van der Waals surface area contributed by atoms with Gasteiger partial charge in [0.15, 0.2) is 5.65 Å². The van der Waals surface area contributed by atoms with Crippen LogP contribution in [0, 0.1) is 6.92 Å². The zero-order valence-electron chi connectivity index (χ0n) is 12.1. The van der Waals surface area contributed by atoms with Crippen LogP contribution in [0.1, 0.15) is 36.9 Å². The summed E-state index contributed by atoms with van der Waals surface area (Å²) in [5, 5.41) is 18.9. The van der Waals surface area contributed by atoms with Crippen molar-refractivity contribution in [3.05, 3.63) is 23.5 Å². The molecule has 0 unspecified atom stereocenters. The van der Waals surface area contributed by atoms with Crippen molar-refractivity contribution in [2.24, 2.45) is 7.05 Å². The van der Waals surface area contributed by atoms with Crippen LogP contribution in [0.4, 0.5) is 0 Å². The first-order chi connectivity index (χ1) is 9.65. The smallest absolute Gasteiger partial charge is 0.157 e. The Hall–Kier alpha value is -1.46. The number of pyridine rings is 1. The summed E-state index contributed by atoms with van der Waals surface area (Å²) >= 11 is 0. The van der Waals surface area contributed by atoms with Gasteiger partial charge in [-0.1, -0.05) is 12.8 Å². The molecule has 0 radical (unpaired) electrons. The van der Waals surface area contributed by atoms with Gasteiger partial charge >= 0.3 is 0 Å². The molecular formula is C15H22N4O. The first kappa shape index (κ1) is 13.5. The van der Waals surface area contributed by atoms with E-state index in [-0.39, 0.29) is 12.1 Å². The molecule has 2 aromatic rings. The van der Waals surface area contributed by atoms with Gasteiger partial charge in [0.25, 0.3) is 0 Å². The van der Waals surface area contributed by atoms with Crippen LogP contribution < -0.4 is 5.32 Å². The topological polar surface area (TPSA) is 63.0 Å². The Kier molecular flexibility index (Phi) is 3.72. The summed E-state index contributed by atoms with van der Waals surface area (Å²) < 4.78 is 1.81. The lowest BCUT2D eigenvalue weighted by atomic mass is 9.92. The molecule has 0 aromatic carbocycles. The molecule has 5 heteroatoms. The maximum atomic E-state index is 9.97. The number of nitrogens with one attached hydrogen (secondary N) is 1. The minimum atomic E-state index is -0.208. The van der Waals surface area contributed by atoms with Crippen LogP contribution in [-0.2, 0) is 13.6 Å². The van der Waals surface area contributed by atoms with Crippen molar-refractivity contribution < 1.29 is 5.11 Å². The average Bonchev–Trinajstić information content (AvgIpc) is 2.73. The average molecular weight is 274 g/mol. The lowest BCUT2D eigenvalue weighted by molar-refractivity contribution is 0.0902. The number of rotatable bonds is 3. The van der Waals surface area contributed by atoms with E-state index in [1.54, 1.807) is 0 Å². The van der Waals surface area contributed by atoms with Gasteiger partial charge in [-0.3, -0.25) is 4.68 Å². The van der Waals surface area contributed by atoms with Crippen molar-refractivity contribution in [1.82, 2.24) is 20.1 Å². The molecule has 2 N–H and O–H groups in total. The molecule has 3 rings (SSSR count). The largest absolute Gasteiger partial charge is 0.392 e. The number of aliphatic hydroxyl groups excluding tert-OH is 1. The molecule has 20 heavy (non-hydrogen) atoms. The van der Waals surface area contributed by atoms with Crippen molar-refractivity contribution in [3.63, 3.8) is 0 Å². The van der Waals surface area contributed by atoms with E-state index in [0.717, 1.165) is 48.1 Å². The quantitative estimate of drug-likeness (QED) is 0.893. The Morgan fingerprint density at radius 2 is 2.20 bits per heavy atom. The third-order valence-corrected chi connectivity index (χ3v) is 4.22. The first-order valence-electron chi connectivity index (χ1n) is 7.35. The van der Waals surface area contributed by atoms with Gasteiger partial charge in [0.1, 0.15) is 0 Å². The molecule has 0 amide bonds. The molecule has 2 aromatic heterocycles. The standard InChI is InChI=1S/C15H22N4O/c1-10-12-7-11(9-17-15(12)19(2)18-10)8-16-13-5-3-4-6-14(13)20/h7,9,13-14,16,20H,3-6,8H2,1-2H3/t13-,14-/m0/s1. The number of fused-ring (bicyclic) bond motifs is 1. The number of aryl methyl sites for hydroxylation is 2. The SMILES string of the molecule is Cc1nn(C)c2ncc(CN[C@H]3CCCC[C@@H]3O)cc12. The molecule has 0 bridgehead atoms. The van der Waals surface area contributed by atoms with E-state index in [1.807, 2.05) is 24.9 Å². The highest BCUT2D eigenvalue weighted by molar-refractivity contribution is 5.78. The summed E-state index contributed by atoms with van der Waals surface area (Å²) in [6, 6.07) is 2.36. The second-order valence-electron chi connectivity index (χ2n) is 5.76. The molecule has 1 aliphatic carbocycles. The predicted octanol–water partition coefficient (Wildman–Crippen LogP) is 1.67. The summed E-state index contributed by atoms with van der Waals surface area (Å²) in [6.45, 7) is 2.76. The maximum absolute atomic E-state index is 9.97. The monoisotopic (exact) mass is 274 g/mol. The Morgan fingerprint density at radius 3 is 3.00 bits per heavy atom. The fraction of sp³-hybridized carbons (Fsp3) is 0.600. The van der Waals surface area contributed by atoms with Crippen molar-refractivity contribution in [2.45, 2.75) is 51.3 Å². The molecule has 0 saturated heterocycles. The third-order valence-electron chi connectivity index (χ3n) is 4.22. The lowest BCUT2D eigenvalue weighted by Crippen LogP contribution is -2.41. The number of hydrogen-bond acceptors (Lipinski definition) is 4. The maximum Gasteiger partial charge on any atom is 0.157 e. The van der Waals surface area contributed by atoms with Crippen molar-refractivity contribution >= 4 is 11.0 Å². The molecule has 1 saturated carbocycles. The summed E-state index contributed by atoms with van der Waals surface area (Å²) in [5.41, 5.74) is 3.07. The molecule has 2 heterocycles. The fourth-order valence-corrected chi connectivity index (χ4v) is 3.05. The molecule has 2 atom stereocenters. The van der Waals surface area contributed by atoms with Crippen LogP contribution in [-0.4, -0.2) is 32.0 Å². The third kappa shape index (κ3) is 2.55. The summed E-state index contributed by atoms with van der Waals surface area (Å²) in [7, 11) is 1.92.